The van der Waals surface area contributed by atoms with Gasteiger partial charge in [-0.3, -0.25) is 14.5 Å². The Kier molecular flexibility index (Phi) is 4.32. The quantitative estimate of drug-likeness (QED) is 0.389. The van der Waals surface area contributed by atoms with E-state index in [9.17, 15) is 14.7 Å². The average Bonchev–Trinajstić information content (AvgIpc) is 3.47. The van der Waals surface area contributed by atoms with Gasteiger partial charge in [0.05, 0.1) is 5.57 Å². The molecule has 0 aliphatic carbocycles. The largest absolute Gasteiger partial charge is 0.507 e. The molecule has 1 fully saturated rings. The zero-order valence-electron chi connectivity index (χ0n) is 16.9. The standard InChI is InChI=1S/C24H19NO6/c1-13-3-7-16(8-4-13)25-21(18-9-5-14(2)31-18)20(23(27)24(25)28)22(26)15-6-10-17-19(11-15)30-12-29-17/h3-11,21,26H,12H2,1-2H3/b22-20-. The number of benzene rings is 2. The van der Waals surface area contributed by atoms with Gasteiger partial charge in [-0.1, -0.05) is 17.7 Å². The Bertz CT molecular complexity index is 1240. The fourth-order valence-electron chi connectivity index (χ4n) is 3.87. The number of nitrogens with zero attached hydrogens (tertiary/aromatic N) is 1. The van der Waals surface area contributed by atoms with Crippen LogP contribution in [0.2, 0.25) is 0 Å². The summed E-state index contributed by atoms with van der Waals surface area (Å²) in [6.45, 7) is 3.80. The Balaban J connectivity index is 1.69. The van der Waals surface area contributed by atoms with Gasteiger partial charge in [-0.2, -0.15) is 0 Å². The molecule has 0 bridgehead atoms. The molecule has 0 spiro atoms. The predicted octanol–water partition coefficient (Wildman–Crippen LogP) is 4.25. The first-order valence-electron chi connectivity index (χ1n) is 9.78. The number of furan rings is 1. The van der Waals surface area contributed by atoms with Crippen LogP contribution in [0.1, 0.15) is 28.7 Å². The number of anilines is 1. The Morgan fingerprint density at radius 3 is 2.42 bits per heavy atom. The number of hydrogen-bond acceptors (Lipinski definition) is 6. The summed E-state index contributed by atoms with van der Waals surface area (Å²) in [5.41, 5.74) is 1.86. The van der Waals surface area contributed by atoms with E-state index in [1.54, 1.807) is 49.4 Å². The van der Waals surface area contributed by atoms with Crippen molar-refractivity contribution in [1.82, 2.24) is 0 Å². The van der Waals surface area contributed by atoms with Crippen LogP contribution in [0.5, 0.6) is 11.5 Å². The molecule has 31 heavy (non-hydrogen) atoms. The van der Waals surface area contributed by atoms with Gasteiger partial charge in [0.1, 0.15) is 23.3 Å². The minimum absolute atomic E-state index is 0.0428. The average molecular weight is 417 g/mol. The van der Waals surface area contributed by atoms with Gasteiger partial charge in [0, 0.05) is 11.3 Å². The Labute approximate surface area is 178 Å². The van der Waals surface area contributed by atoms with Crippen LogP contribution < -0.4 is 14.4 Å². The minimum atomic E-state index is -0.901. The molecular weight excluding hydrogens is 398 g/mol. The number of aliphatic hydroxyl groups excluding tert-OH is 1. The highest BCUT2D eigenvalue weighted by Crippen LogP contribution is 2.43. The van der Waals surface area contributed by atoms with E-state index in [1.807, 2.05) is 19.1 Å². The van der Waals surface area contributed by atoms with E-state index in [2.05, 4.69) is 0 Å². The van der Waals surface area contributed by atoms with Gasteiger partial charge in [-0.15, -0.1) is 0 Å². The monoisotopic (exact) mass is 417 g/mol. The summed E-state index contributed by atoms with van der Waals surface area (Å²) in [6.07, 6.45) is 0. The normalized spacial score (nSPS) is 19.3. The number of fused-ring (bicyclic) bond motifs is 1. The summed E-state index contributed by atoms with van der Waals surface area (Å²) in [6, 6.07) is 14.7. The van der Waals surface area contributed by atoms with Crippen LogP contribution in [0.3, 0.4) is 0 Å². The van der Waals surface area contributed by atoms with Gasteiger partial charge < -0.3 is 19.0 Å². The fourth-order valence-corrected chi connectivity index (χ4v) is 3.87. The fraction of sp³-hybridized carbons (Fsp3) is 0.167. The van der Waals surface area contributed by atoms with Gasteiger partial charge in [0.2, 0.25) is 6.79 Å². The lowest BCUT2D eigenvalue weighted by Gasteiger charge is -2.23. The molecule has 0 saturated carbocycles. The Morgan fingerprint density at radius 1 is 0.968 bits per heavy atom. The number of aliphatic hydroxyl groups is 1. The molecule has 1 amide bonds. The second-order valence-corrected chi connectivity index (χ2v) is 7.52. The maximum absolute atomic E-state index is 13.1. The molecule has 7 heteroatoms. The van der Waals surface area contributed by atoms with Crippen molar-refractivity contribution in [3.63, 3.8) is 0 Å². The maximum Gasteiger partial charge on any atom is 0.300 e. The lowest BCUT2D eigenvalue weighted by atomic mass is 9.99. The van der Waals surface area contributed by atoms with Crippen molar-refractivity contribution in [1.29, 1.82) is 0 Å². The second-order valence-electron chi connectivity index (χ2n) is 7.52. The van der Waals surface area contributed by atoms with Crippen LogP contribution in [-0.2, 0) is 9.59 Å². The number of rotatable bonds is 3. The number of hydrogen-bond donors (Lipinski definition) is 1. The smallest absolute Gasteiger partial charge is 0.300 e. The van der Waals surface area contributed by atoms with Crippen molar-refractivity contribution in [2.75, 3.05) is 11.7 Å². The molecule has 1 atom stereocenters. The number of carbonyl (C=O) groups is 2. The van der Waals surface area contributed by atoms with Crippen molar-refractivity contribution in [2.45, 2.75) is 19.9 Å². The molecule has 3 aromatic rings. The van der Waals surface area contributed by atoms with E-state index in [4.69, 9.17) is 13.9 Å². The zero-order valence-corrected chi connectivity index (χ0v) is 16.9. The molecule has 1 saturated heterocycles. The molecule has 2 aliphatic rings. The number of ketones is 1. The number of ether oxygens (including phenoxy) is 2. The van der Waals surface area contributed by atoms with Crippen molar-refractivity contribution < 1.29 is 28.6 Å². The summed E-state index contributed by atoms with van der Waals surface area (Å²) < 4.78 is 16.5. The van der Waals surface area contributed by atoms with E-state index < -0.39 is 17.7 Å². The number of aryl methyl sites for hydroxylation is 2. The highest BCUT2D eigenvalue weighted by Gasteiger charge is 2.48. The van der Waals surface area contributed by atoms with Gasteiger partial charge >= 0.3 is 0 Å². The van der Waals surface area contributed by atoms with Crippen LogP contribution in [-0.4, -0.2) is 23.6 Å². The highest BCUT2D eigenvalue weighted by atomic mass is 16.7. The van der Waals surface area contributed by atoms with Crippen molar-refractivity contribution in [3.8, 4) is 11.5 Å². The topological polar surface area (TPSA) is 89.2 Å². The molecule has 1 unspecified atom stereocenters. The third-order valence-electron chi connectivity index (χ3n) is 5.43. The van der Waals surface area contributed by atoms with Crippen LogP contribution in [0, 0.1) is 13.8 Å². The SMILES string of the molecule is Cc1ccc(N2C(=O)C(=O)/C(=C(\O)c3ccc4c(c3)OCO4)C2c2ccc(C)o2)cc1. The van der Waals surface area contributed by atoms with Gasteiger partial charge in [0.15, 0.2) is 11.5 Å². The first kappa shape index (κ1) is 19.0. The van der Waals surface area contributed by atoms with E-state index in [-0.39, 0.29) is 18.1 Å². The zero-order chi connectivity index (χ0) is 21.7. The first-order chi connectivity index (χ1) is 14.9. The molecule has 5 rings (SSSR count). The van der Waals surface area contributed by atoms with Crippen LogP contribution >= 0.6 is 0 Å². The van der Waals surface area contributed by atoms with Crippen molar-refractivity contribution >= 4 is 23.1 Å². The van der Waals surface area contributed by atoms with E-state index in [1.165, 1.54) is 4.90 Å². The van der Waals surface area contributed by atoms with Gasteiger partial charge in [-0.25, -0.2) is 0 Å². The maximum atomic E-state index is 13.1. The minimum Gasteiger partial charge on any atom is -0.507 e. The summed E-state index contributed by atoms with van der Waals surface area (Å²) >= 11 is 0. The second kappa shape index (κ2) is 7.05. The summed E-state index contributed by atoms with van der Waals surface area (Å²) in [5.74, 6) is 0.217. The molecule has 0 radical (unpaired) electrons. The number of carbonyl (C=O) groups excluding carboxylic acids is 2. The van der Waals surface area contributed by atoms with E-state index >= 15 is 0 Å². The molecule has 1 N–H and O–H groups in total. The van der Waals surface area contributed by atoms with Gasteiger partial charge in [0.25, 0.3) is 11.7 Å². The molecule has 2 aliphatic heterocycles. The number of amides is 1. The molecule has 1 aromatic heterocycles. The summed E-state index contributed by atoms with van der Waals surface area (Å²) in [5, 5.41) is 11.1. The summed E-state index contributed by atoms with van der Waals surface area (Å²) in [4.78, 5) is 27.5. The Morgan fingerprint density at radius 2 is 1.71 bits per heavy atom. The Hall–Kier alpha value is -4.00. The predicted molar refractivity (Wildman–Crippen MR) is 112 cm³/mol. The van der Waals surface area contributed by atoms with Gasteiger partial charge in [-0.05, 0) is 56.3 Å². The molecule has 2 aromatic carbocycles. The third-order valence-corrected chi connectivity index (χ3v) is 5.43. The van der Waals surface area contributed by atoms with Crippen LogP contribution in [0.15, 0.2) is 64.6 Å². The molecule has 156 valence electrons. The van der Waals surface area contributed by atoms with Crippen molar-refractivity contribution in [2.24, 2.45) is 0 Å². The number of Topliss-reactive ketones (excluding diaryl/α,β-unsaturated/α-hetero) is 1. The molecule has 3 heterocycles. The van der Waals surface area contributed by atoms with Crippen LogP contribution in [0.25, 0.3) is 5.76 Å². The lowest BCUT2D eigenvalue weighted by molar-refractivity contribution is -0.132. The van der Waals surface area contributed by atoms with Crippen molar-refractivity contribution in [3.05, 3.63) is 82.8 Å². The summed E-state index contributed by atoms with van der Waals surface area (Å²) in [7, 11) is 0. The highest BCUT2D eigenvalue weighted by molar-refractivity contribution is 6.51. The lowest BCUT2D eigenvalue weighted by Crippen LogP contribution is -2.29. The van der Waals surface area contributed by atoms with Crippen LogP contribution in [0.4, 0.5) is 5.69 Å². The molecule has 7 nitrogen and oxygen atoms in total. The van der Waals surface area contributed by atoms with E-state index in [0.29, 0.717) is 34.3 Å². The third kappa shape index (κ3) is 3.06. The van der Waals surface area contributed by atoms with E-state index in [0.717, 1.165) is 5.56 Å². The first-order valence-corrected chi connectivity index (χ1v) is 9.78. The molecular formula is C24H19NO6.